The lowest BCUT2D eigenvalue weighted by molar-refractivity contribution is 0.0208. The number of methoxy groups -OCH3 is 1. The van der Waals surface area contributed by atoms with Crippen molar-refractivity contribution in [1.82, 2.24) is 45.1 Å². The van der Waals surface area contributed by atoms with Crippen LogP contribution >= 0.6 is 0 Å². The van der Waals surface area contributed by atoms with Gasteiger partial charge in [0.25, 0.3) is 0 Å². The molecule has 11 heteroatoms. The van der Waals surface area contributed by atoms with E-state index in [2.05, 4.69) is 62.8 Å². The molecule has 1 atom stereocenters. The molecule has 11 nitrogen and oxygen atoms in total. The molecule has 0 bridgehead atoms. The third-order valence-corrected chi connectivity index (χ3v) is 6.39. The summed E-state index contributed by atoms with van der Waals surface area (Å²) in [5.41, 5.74) is 2.27. The van der Waals surface area contributed by atoms with Crippen LogP contribution in [0.4, 0.5) is 0 Å². The molecule has 168 valence electrons. The molecule has 1 aromatic carbocycles. The number of benzene rings is 1. The lowest BCUT2D eigenvalue weighted by Gasteiger charge is -2.35. The molecule has 0 aliphatic carbocycles. The summed E-state index contributed by atoms with van der Waals surface area (Å²) in [5, 5.41) is 26.6. The Hall–Kier alpha value is -3.18. The maximum atomic E-state index is 5.63. The minimum Gasteiger partial charge on any atom is -0.497 e. The second-order valence-corrected chi connectivity index (χ2v) is 8.60. The molecule has 0 amide bonds. The lowest BCUT2D eigenvalue weighted by atomic mass is 9.98. The highest BCUT2D eigenvalue weighted by Crippen LogP contribution is 2.35. The van der Waals surface area contributed by atoms with E-state index in [0.29, 0.717) is 18.9 Å². The van der Waals surface area contributed by atoms with Crippen LogP contribution in [0, 0.1) is 0 Å². The summed E-state index contributed by atoms with van der Waals surface area (Å²) in [6.07, 6.45) is 0.889. The van der Waals surface area contributed by atoms with Crippen molar-refractivity contribution < 1.29 is 9.47 Å². The molecule has 0 saturated carbocycles. The van der Waals surface area contributed by atoms with Crippen LogP contribution < -0.4 is 4.74 Å². The minimum absolute atomic E-state index is 0.222. The van der Waals surface area contributed by atoms with Crippen molar-refractivity contribution in [3.8, 4) is 5.75 Å². The summed E-state index contributed by atoms with van der Waals surface area (Å²) in [5.74, 6) is 1.52. The number of tetrazole rings is 2. The Bertz CT molecular complexity index is 1240. The van der Waals surface area contributed by atoms with E-state index in [1.54, 1.807) is 11.6 Å². The van der Waals surface area contributed by atoms with Gasteiger partial charge < -0.3 is 9.47 Å². The van der Waals surface area contributed by atoms with E-state index in [-0.39, 0.29) is 11.6 Å². The van der Waals surface area contributed by atoms with Crippen molar-refractivity contribution >= 4 is 16.6 Å². The van der Waals surface area contributed by atoms with E-state index in [0.717, 1.165) is 47.6 Å². The maximum absolute atomic E-state index is 5.63. The number of hydrogen-bond acceptors (Lipinski definition) is 9. The molecule has 1 aliphatic rings. The van der Waals surface area contributed by atoms with Gasteiger partial charge >= 0.3 is 0 Å². The quantitative estimate of drug-likeness (QED) is 0.446. The Balaban J connectivity index is 1.76. The third-order valence-electron chi connectivity index (χ3n) is 6.39. The predicted molar refractivity (Wildman–Crippen MR) is 117 cm³/mol. The molecule has 0 radical (unpaired) electrons. The monoisotopic (exact) mass is 437 g/mol. The van der Waals surface area contributed by atoms with Crippen LogP contribution in [0.5, 0.6) is 5.75 Å². The van der Waals surface area contributed by atoms with E-state index >= 15 is 0 Å². The first-order valence-corrected chi connectivity index (χ1v) is 10.8. The summed E-state index contributed by atoms with van der Waals surface area (Å²) in [7, 11) is 1.65. The van der Waals surface area contributed by atoms with Crippen LogP contribution in [-0.4, -0.2) is 78.6 Å². The summed E-state index contributed by atoms with van der Waals surface area (Å²) in [6, 6.07) is 7.82. The van der Waals surface area contributed by atoms with Crippen LogP contribution in [0.2, 0.25) is 0 Å². The molecule has 3 aromatic heterocycles. The molecule has 4 aromatic rings. The second-order valence-electron chi connectivity index (χ2n) is 8.60. The second kappa shape index (κ2) is 8.06. The zero-order valence-electron chi connectivity index (χ0n) is 18.8. The van der Waals surface area contributed by atoms with Crippen LogP contribution in [0.3, 0.4) is 0 Å². The van der Waals surface area contributed by atoms with Gasteiger partial charge in [-0.2, -0.15) is 4.52 Å². The summed E-state index contributed by atoms with van der Waals surface area (Å²) < 4.78 is 14.7. The van der Waals surface area contributed by atoms with Crippen LogP contribution in [0.25, 0.3) is 16.6 Å². The molecule has 1 unspecified atom stereocenters. The van der Waals surface area contributed by atoms with E-state index in [4.69, 9.17) is 9.47 Å². The van der Waals surface area contributed by atoms with Gasteiger partial charge in [-0.25, -0.2) is 4.68 Å². The lowest BCUT2D eigenvalue weighted by Crippen LogP contribution is -2.42. The van der Waals surface area contributed by atoms with E-state index in [9.17, 15) is 0 Å². The molecule has 1 aliphatic heterocycles. The van der Waals surface area contributed by atoms with E-state index in [1.807, 2.05) is 22.9 Å². The largest absolute Gasteiger partial charge is 0.497 e. The van der Waals surface area contributed by atoms with Gasteiger partial charge in [-0.1, -0.05) is 6.92 Å². The fourth-order valence-electron chi connectivity index (χ4n) is 4.20. The molecule has 1 fully saturated rings. The SMILES string of the molecule is CCC(C)(C)n1nnnc1C(c1cc2ccc(OC)cc2n2nnnc12)N1CCOCC1. The highest BCUT2D eigenvalue weighted by Gasteiger charge is 2.35. The molecular formula is C21H27N9O2. The number of rotatable bonds is 6. The normalized spacial score (nSPS) is 16.6. The average molecular weight is 438 g/mol. The highest BCUT2D eigenvalue weighted by molar-refractivity contribution is 5.84. The average Bonchev–Trinajstić information content (AvgIpc) is 3.50. The number of pyridine rings is 1. The van der Waals surface area contributed by atoms with Crippen molar-refractivity contribution in [1.29, 1.82) is 0 Å². The summed E-state index contributed by atoms with van der Waals surface area (Å²) >= 11 is 0. The van der Waals surface area contributed by atoms with Crippen molar-refractivity contribution in [2.24, 2.45) is 0 Å². The number of morpholine rings is 1. The van der Waals surface area contributed by atoms with Crippen molar-refractivity contribution in [3.63, 3.8) is 0 Å². The molecular weight excluding hydrogens is 410 g/mol. The van der Waals surface area contributed by atoms with Gasteiger partial charge in [-0.05, 0) is 59.3 Å². The van der Waals surface area contributed by atoms with Gasteiger partial charge in [0.1, 0.15) is 11.8 Å². The van der Waals surface area contributed by atoms with Gasteiger partial charge in [0.15, 0.2) is 11.5 Å². The first kappa shape index (κ1) is 20.7. The first-order chi connectivity index (χ1) is 15.5. The minimum atomic E-state index is -0.240. The number of aromatic nitrogens is 8. The van der Waals surface area contributed by atoms with Gasteiger partial charge in [0.05, 0.1) is 31.4 Å². The Morgan fingerprint density at radius 2 is 1.88 bits per heavy atom. The molecule has 0 spiro atoms. The third kappa shape index (κ3) is 3.37. The van der Waals surface area contributed by atoms with Gasteiger partial charge in [0.2, 0.25) is 0 Å². The summed E-state index contributed by atoms with van der Waals surface area (Å²) in [6.45, 7) is 9.26. The Kier molecular flexibility index (Phi) is 5.22. The number of hydrogen-bond donors (Lipinski definition) is 0. The van der Waals surface area contributed by atoms with Crippen LogP contribution in [-0.2, 0) is 10.3 Å². The molecule has 0 N–H and O–H groups in total. The Morgan fingerprint density at radius 3 is 2.62 bits per heavy atom. The first-order valence-electron chi connectivity index (χ1n) is 10.8. The fourth-order valence-corrected chi connectivity index (χ4v) is 4.20. The van der Waals surface area contributed by atoms with Crippen molar-refractivity contribution in [2.45, 2.75) is 38.8 Å². The van der Waals surface area contributed by atoms with E-state index < -0.39 is 0 Å². The smallest absolute Gasteiger partial charge is 0.185 e. The molecule has 4 heterocycles. The predicted octanol–water partition coefficient (Wildman–Crippen LogP) is 1.84. The number of fused-ring (bicyclic) bond motifs is 3. The number of ether oxygens (including phenoxy) is 2. The van der Waals surface area contributed by atoms with Gasteiger partial charge in [-0.15, -0.1) is 10.2 Å². The Labute approximate surface area is 185 Å². The van der Waals surface area contributed by atoms with Crippen LogP contribution in [0.1, 0.15) is 44.6 Å². The Morgan fingerprint density at radius 1 is 1.09 bits per heavy atom. The highest BCUT2D eigenvalue weighted by atomic mass is 16.5. The van der Waals surface area contributed by atoms with Gasteiger partial charge in [-0.3, -0.25) is 4.90 Å². The topological polar surface area (TPSA) is 108 Å². The van der Waals surface area contributed by atoms with Gasteiger partial charge in [0, 0.05) is 30.1 Å². The van der Waals surface area contributed by atoms with Crippen LogP contribution in [0.15, 0.2) is 24.3 Å². The summed E-state index contributed by atoms with van der Waals surface area (Å²) in [4.78, 5) is 2.34. The zero-order chi connectivity index (χ0) is 22.3. The molecule has 1 saturated heterocycles. The zero-order valence-corrected chi connectivity index (χ0v) is 18.8. The van der Waals surface area contributed by atoms with E-state index in [1.165, 1.54) is 0 Å². The molecule has 5 rings (SSSR count). The number of nitrogens with zero attached hydrogens (tertiary/aromatic N) is 9. The van der Waals surface area contributed by atoms with Crippen molar-refractivity contribution in [3.05, 3.63) is 35.7 Å². The fraction of sp³-hybridized carbons (Fsp3) is 0.524. The standard InChI is InChI=1S/C21H27N9O2/c1-5-21(2,3)30-20(23-25-27-30)18(28-8-10-32-11-9-28)16-12-14-6-7-15(31-4)13-17(14)29-19(16)22-24-26-29/h6-7,12-13,18H,5,8-11H2,1-4H3. The maximum Gasteiger partial charge on any atom is 0.185 e. The molecule has 32 heavy (non-hydrogen) atoms. The van der Waals surface area contributed by atoms with Crippen molar-refractivity contribution in [2.75, 3.05) is 33.4 Å².